The highest BCUT2D eigenvalue weighted by Crippen LogP contribution is 2.12. The van der Waals surface area contributed by atoms with Gasteiger partial charge < -0.3 is 0 Å². The van der Waals surface area contributed by atoms with E-state index in [1.165, 1.54) is 12.7 Å². The summed E-state index contributed by atoms with van der Waals surface area (Å²) in [5.41, 5.74) is 3.58. The van der Waals surface area contributed by atoms with Gasteiger partial charge in [-0.1, -0.05) is 12.2 Å². The summed E-state index contributed by atoms with van der Waals surface area (Å²) in [7, 11) is 1.44. The van der Waals surface area contributed by atoms with Crippen molar-refractivity contribution < 1.29 is 9.63 Å². The molecule has 1 amide bonds. The fourth-order valence-electron chi connectivity index (χ4n) is 1.38. The van der Waals surface area contributed by atoms with E-state index in [1.54, 1.807) is 0 Å². The van der Waals surface area contributed by atoms with Gasteiger partial charge in [0, 0.05) is 13.1 Å². The van der Waals surface area contributed by atoms with Gasteiger partial charge in [0.2, 0.25) is 0 Å². The van der Waals surface area contributed by atoms with E-state index in [9.17, 15) is 4.79 Å². The van der Waals surface area contributed by atoms with E-state index in [0.29, 0.717) is 6.54 Å². The van der Waals surface area contributed by atoms with E-state index < -0.39 is 0 Å². The summed E-state index contributed by atoms with van der Waals surface area (Å²) in [4.78, 5) is 17.7. The molecule has 0 unspecified atom stereocenters. The molecule has 1 aliphatic heterocycles. The van der Waals surface area contributed by atoms with Gasteiger partial charge >= 0.3 is 0 Å². The molecule has 0 bridgehead atoms. The first kappa shape index (κ1) is 10.2. The van der Waals surface area contributed by atoms with Gasteiger partial charge in [0.15, 0.2) is 0 Å². The zero-order chi connectivity index (χ0) is 9.68. The molecule has 0 atom stereocenters. The molecular weight excluding hydrogens is 168 g/mol. The van der Waals surface area contributed by atoms with Crippen LogP contribution in [0.25, 0.3) is 0 Å². The number of hydrogen-bond acceptors (Lipinski definition) is 3. The summed E-state index contributed by atoms with van der Waals surface area (Å²) in [6, 6.07) is 0. The lowest BCUT2D eigenvalue weighted by Gasteiger charge is -2.26. The Balaban J connectivity index is 2.22. The fourth-order valence-corrected chi connectivity index (χ4v) is 1.38. The van der Waals surface area contributed by atoms with Crippen LogP contribution in [0.5, 0.6) is 0 Å². The molecule has 4 nitrogen and oxygen atoms in total. The molecule has 13 heavy (non-hydrogen) atoms. The zero-order valence-corrected chi connectivity index (χ0v) is 8.01. The molecule has 1 rings (SSSR count). The minimum Gasteiger partial charge on any atom is -0.294 e. The Bertz CT molecular complexity index is 194. The highest BCUT2D eigenvalue weighted by Gasteiger charge is 2.14. The van der Waals surface area contributed by atoms with Crippen LogP contribution >= 0.6 is 0 Å². The quantitative estimate of drug-likeness (QED) is 0.507. The maximum atomic E-state index is 11.1. The van der Waals surface area contributed by atoms with Crippen LogP contribution in [0.2, 0.25) is 0 Å². The summed E-state index contributed by atoms with van der Waals surface area (Å²) >= 11 is 0. The van der Waals surface area contributed by atoms with Crippen LogP contribution in [0.3, 0.4) is 0 Å². The van der Waals surface area contributed by atoms with Gasteiger partial charge in [-0.2, -0.15) is 0 Å². The molecular formula is C9H16N2O2. The predicted octanol–water partition coefficient (Wildman–Crippen LogP) is 0.316. The highest BCUT2D eigenvalue weighted by atomic mass is 16.6. The van der Waals surface area contributed by atoms with Gasteiger partial charge in [-0.05, 0) is 12.8 Å². The summed E-state index contributed by atoms with van der Waals surface area (Å²) in [6.07, 6.45) is 2.00. The summed E-state index contributed by atoms with van der Waals surface area (Å²) in [6.45, 7) is 6.18. The number of hydrogen-bond donors (Lipinski definition) is 1. The first-order chi connectivity index (χ1) is 6.22. The molecule has 1 saturated heterocycles. The third kappa shape index (κ3) is 3.57. The van der Waals surface area contributed by atoms with Crippen molar-refractivity contribution in [1.29, 1.82) is 0 Å². The highest BCUT2D eigenvalue weighted by molar-refractivity contribution is 5.76. The number of piperidine rings is 1. The number of nitrogens with zero attached hydrogens (tertiary/aromatic N) is 1. The van der Waals surface area contributed by atoms with Gasteiger partial charge in [0.05, 0.1) is 13.7 Å². The van der Waals surface area contributed by atoms with Gasteiger partial charge in [0.25, 0.3) is 5.91 Å². The number of likely N-dealkylation sites (tertiary alicyclic amines) is 1. The van der Waals surface area contributed by atoms with E-state index in [0.717, 1.165) is 25.9 Å². The topological polar surface area (TPSA) is 41.6 Å². The summed E-state index contributed by atoms with van der Waals surface area (Å²) < 4.78 is 0. The van der Waals surface area contributed by atoms with E-state index >= 15 is 0 Å². The van der Waals surface area contributed by atoms with Gasteiger partial charge in [-0.25, -0.2) is 5.48 Å². The Labute approximate surface area is 78.5 Å². The number of nitrogens with one attached hydrogen (secondary N) is 1. The molecule has 0 spiro atoms. The molecule has 0 saturated carbocycles. The maximum absolute atomic E-state index is 11.1. The van der Waals surface area contributed by atoms with E-state index in [-0.39, 0.29) is 5.91 Å². The average molecular weight is 184 g/mol. The van der Waals surface area contributed by atoms with Crippen molar-refractivity contribution in [3.8, 4) is 0 Å². The number of carbonyl (C=O) groups excluding carboxylic acids is 1. The van der Waals surface area contributed by atoms with Crippen molar-refractivity contribution in [3.63, 3.8) is 0 Å². The lowest BCUT2D eigenvalue weighted by Crippen LogP contribution is -2.39. The third-order valence-electron chi connectivity index (χ3n) is 2.15. The second-order valence-electron chi connectivity index (χ2n) is 3.26. The molecule has 1 heterocycles. The van der Waals surface area contributed by atoms with Crippen molar-refractivity contribution in [2.24, 2.45) is 0 Å². The van der Waals surface area contributed by atoms with Crippen LogP contribution < -0.4 is 5.48 Å². The smallest absolute Gasteiger partial charge is 0.257 e. The zero-order valence-electron chi connectivity index (χ0n) is 8.01. The molecule has 0 aromatic carbocycles. The van der Waals surface area contributed by atoms with Crippen LogP contribution in [0.1, 0.15) is 12.8 Å². The lowest BCUT2D eigenvalue weighted by atomic mass is 10.1. The molecule has 0 aromatic heterocycles. The Morgan fingerprint density at radius 3 is 2.77 bits per heavy atom. The van der Waals surface area contributed by atoms with Crippen LogP contribution in [-0.4, -0.2) is 37.6 Å². The second-order valence-corrected chi connectivity index (χ2v) is 3.26. The Morgan fingerprint density at radius 2 is 2.23 bits per heavy atom. The first-order valence-corrected chi connectivity index (χ1v) is 4.43. The Kier molecular flexibility index (Phi) is 3.92. The first-order valence-electron chi connectivity index (χ1n) is 4.43. The monoisotopic (exact) mass is 184 g/mol. The largest absolute Gasteiger partial charge is 0.294 e. The van der Waals surface area contributed by atoms with E-state index in [1.807, 2.05) is 0 Å². The van der Waals surface area contributed by atoms with E-state index in [4.69, 9.17) is 0 Å². The molecule has 0 aromatic rings. The predicted molar refractivity (Wildman–Crippen MR) is 50.0 cm³/mol. The normalized spacial score (nSPS) is 18.7. The molecule has 0 aliphatic carbocycles. The average Bonchev–Trinajstić information content (AvgIpc) is 2.09. The summed E-state index contributed by atoms with van der Waals surface area (Å²) in [5.74, 6) is -0.0880. The number of carbonyl (C=O) groups is 1. The van der Waals surface area contributed by atoms with Crippen LogP contribution in [0.15, 0.2) is 12.2 Å². The number of amides is 1. The standard InChI is InChI=1S/C9H16N2O2/c1-8-3-5-11(6-4-8)7-9(12)10-13-2/h1,3-7H2,2H3,(H,10,12). The number of hydroxylamine groups is 1. The minimum atomic E-state index is -0.0880. The molecule has 4 heteroatoms. The van der Waals surface area contributed by atoms with Crippen LogP contribution in [-0.2, 0) is 9.63 Å². The van der Waals surface area contributed by atoms with E-state index in [2.05, 4.69) is 21.8 Å². The SMILES string of the molecule is C=C1CCN(CC(=O)NOC)CC1. The molecule has 1 aliphatic rings. The van der Waals surface area contributed by atoms with Crippen molar-refractivity contribution in [2.45, 2.75) is 12.8 Å². The Hall–Kier alpha value is -0.870. The molecule has 74 valence electrons. The van der Waals surface area contributed by atoms with Crippen LogP contribution in [0, 0.1) is 0 Å². The van der Waals surface area contributed by atoms with Crippen molar-refractivity contribution >= 4 is 5.91 Å². The molecule has 1 fully saturated rings. The minimum absolute atomic E-state index is 0.0880. The Morgan fingerprint density at radius 1 is 1.62 bits per heavy atom. The van der Waals surface area contributed by atoms with Gasteiger partial charge in [0.1, 0.15) is 0 Å². The van der Waals surface area contributed by atoms with Crippen molar-refractivity contribution in [1.82, 2.24) is 10.4 Å². The van der Waals surface area contributed by atoms with Crippen molar-refractivity contribution in [2.75, 3.05) is 26.7 Å². The summed E-state index contributed by atoms with van der Waals surface area (Å²) in [5, 5.41) is 0. The molecule has 1 N–H and O–H groups in total. The third-order valence-corrected chi connectivity index (χ3v) is 2.15. The lowest BCUT2D eigenvalue weighted by molar-refractivity contribution is -0.132. The molecule has 0 radical (unpaired) electrons. The fraction of sp³-hybridized carbons (Fsp3) is 0.667. The van der Waals surface area contributed by atoms with Gasteiger partial charge in [-0.15, -0.1) is 0 Å². The van der Waals surface area contributed by atoms with Crippen LogP contribution in [0.4, 0.5) is 0 Å². The number of rotatable bonds is 3. The maximum Gasteiger partial charge on any atom is 0.257 e. The second kappa shape index (κ2) is 4.99. The van der Waals surface area contributed by atoms with Gasteiger partial charge in [-0.3, -0.25) is 14.5 Å². The van der Waals surface area contributed by atoms with Crippen molar-refractivity contribution in [3.05, 3.63) is 12.2 Å².